The van der Waals surface area contributed by atoms with Crippen molar-refractivity contribution >= 4 is 27.3 Å². The molecule has 0 saturated heterocycles. The maximum absolute atomic E-state index is 6.25. The lowest BCUT2D eigenvalue weighted by Gasteiger charge is -2.26. The molecule has 3 unspecified atom stereocenters. The van der Waals surface area contributed by atoms with Crippen molar-refractivity contribution in [1.82, 2.24) is 0 Å². The molecule has 2 nitrogen and oxygen atoms in total. The van der Waals surface area contributed by atoms with E-state index in [0.29, 0.717) is 0 Å². The van der Waals surface area contributed by atoms with E-state index in [-0.39, 0.29) is 18.2 Å². The van der Waals surface area contributed by atoms with Crippen molar-refractivity contribution in [3.05, 3.63) is 56.7 Å². The van der Waals surface area contributed by atoms with Gasteiger partial charge < -0.3 is 10.5 Å². The summed E-state index contributed by atoms with van der Waals surface area (Å²) in [6.07, 6.45) is 0.855. The fourth-order valence-electron chi connectivity index (χ4n) is 2.10. The van der Waals surface area contributed by atoms with E-state index >= 15 is 0 Å². The van der Waals surface area contributed by atoms with Crippen LogP contribution in [-0.4, -0.2) is 6.04 Å². The number of halogens is 1. The molecule has 0 aliphatic heterocycles. The minimum absolute atomic E-state index is 0.00622. The Bertz CT molecular complexity index is 528. The minimum atomic E-state index is -0.0634. The van der Waals surface area contributed by atoms with Crippen LogP contribution in [0.4, 0.5) is 0 Å². The van der Waals surface area contributed by atoms with Crippen LogP contribution in [0.25, 0.3) is 0 Å². The molecule has 4 heteroatoms. The Hall–Kier alpha value is -0.680. The third kappa shape index (κ3) is 3.92. The highest BCUT2D eigenvalue weighted by Gasteiger charge is 2.23. The summed E-state index contributed by atoms with van der Waals surface area (Å²) < 4.78 is 7.36. The van der Waals surface area contributed by atoms with Gasteiger partial charge in [0.25, 0.3) is 0 Å². The molecule has 0 radical (unpaired) electrons. The van der Waals surface area contributed by atoms with Gasteiger partial charge in [-0.05, 0) is 47.0 Å². The van der Waals surface area contributed by atoms with Crippen molar-refractivity contribution in [2.24, 2.45) is 5.73 Å². The standard InChI is InChI=1S/C16H20BrNOS/c1-3-13(18)16(14-9-10-15(17)20-14)19-11(2)12-7-5-4-6-8-12/h4-11,13,16H,3,18H2,1-2H3. The van der Waals surface area contributed by atoms with Crippen molar-refractivity contribution in [2.75, 3.05) is 0 Å². The molecule has 0 aliphatic rings. The first-order chi connectivity index (χ1) is 9.61. The van der Waals surface area contributed by atoms with Crippen molar-refractivity contribution in [3.63, 3.8) is 0 Å². The van der Waals surface area contributed by atoms with Gasteiger partial charge in [-0.3, -0.25) is 0 Å². The van der Waals surface area contributed by atoms with Crippen molar-refractivity contribution in [2.45, 2.75) is 38.5 Å². The molecule has 2 aromatic rings. The smallest absolute Gasteiger partial charge is 0.107 e. The van der Waals surface area contributed by atoms with E-state index in [1.807, 2.05) is 24.3 Å². The van der Waals surface area contributed by atoms with Gasteiger partial charge in [-0.2, -0.15) is 0 Å². The van der Waals surface area contributed by atoms with Crippen LogP contribution < -0.4 is 5.73 Å². The summed E-state index contributed by atoms with van der Waals surface area (Å²) in [6, 6.07) is 14.4. The molecule has 3 atom stereocenters. The average Bonchev–Trinajstić information content (AvgIpc) is 2.91. The van der Waals surface area contributed by atoms with Gasteiger partial charge in [-0.1, -0.05) is 37.3 Å². The van der Waals surface area contributed by atoms with Crippen LogP contribution in [-0.2, 0) is 4.74 Å². The molecule has 0 saturated carbocycles. The number of benzene rings is 1. The van der Waals surface area contributed by atoms with Gasteiger partial charge in [0, 0.05) is 10.9 Å². The summed E-state index contributed by atoms with van der Waals surface area (Å²) >= 11 is 5.19. The van der Waals surface area contributed by atoms with Gasteiger partial charge in [-0.25, -0.2) is 0 Å². The predicted octanol–water partition coefficient (Wildman–Crippen LogP) is 5.07. The van der Waals surface area contributed by atoms with E-state index in [1.165, 1.54) is 10.4 Å². The fourth-order valence-corrected chi connectivity index (χ4v) is 3.63. The van der Waals surface area contributed by atoms with Crippen LogP contribution in [0.1, 0.15) is 42.9 Å². The lowest BCUT2D eigenvalue weighted by atomic mass is 10.1. The van der Waals surface area contributed by atoms with Crippen LogP contribution >= 0.6 is 27.3 Å². The third-order valence-electron chi connectivity index (χ3n) is 3.35. The summed E-state index contributed by atoms with van der Waals surface area (Å²) in [5, 5.41) is 0. The molecule has 2 rings (SSSR count). The van der Waals surface area contributed by atoms with Crippen LogP contribution in [0.2, 0.25) is 0 Å². The molecule has 0 bridgehead atoms. The van der Waals surface area contributed by atoms with Gasteiger partial charge in [0.05, 0.1) is 9.89 Å². The third-order valence-corrected chi connectivity index (χ3v) is 5.04. The first kappa shape index (κ1) is 15.7. The second kappa shape index (κ2) is 7.36. The second-order valence-electron chi connectivity index (χ2n) is 4.82. The van der Waals surface area contributed by atoms with E-state index in [2.05, 4.69) is 48.0 Å². The van der Waals surface area contributed by atoms with E-state index in [9.17, 15) is 0 Å². The fraction of sp³-hybridized carbons (Fsp3) is 0.375. The maximum Gasteiger partial charge on any atom is 0.107 e. The molecule has 108 valence electrons. The van der Waals surface area contributed by atoms with E-state index in [0.717, 1.165) is 10.2 Å². The second-order valence-corrected chi connectivity index (χ2v) is 7.32. The molecule has 0 spiro atoms. The highest BCUT2D eigenvalue weighted by Crippen LogP contribution is 2.35. The highest BCUT2D eigenvalue weighted by atomic mass is 79.9. The summed E-state index contributed by atoms with van der Waals surface area (Å²) in [5.41, 5.74) is 7.43. The molecule has 0 amide bonds. The summed E-state index contributed by atoms with van der Waals surface area (Å²) in [4.78, 5) is 1.18. The zero-order chi connectivity index (χ0) is 14.5. The quantitative estimate of drug-likeness (QED) is 0.786. The summed E-state index contributed by atoms with van der Waals surface area (Å²) in [6.45, 7) is 4.17. The Kier molecular flexibility index (Phi) is 5.78. The van der Waals surface area contributed by atoms with Crippen LogP contribution in [0, 0.1) is 0 Å². The molecule has 20 heavy (non-hydrogen) atoms. The van der Waals surface area contributed by atoms with Crippen molar-refractivity contribution in [3.8, 4) is 0 Å². The highest BCUT2D eigenvalue weighted by molar-refractivity contribution is 9.11. The number of rotatable bonds is 6. The molecule has 0 aliphatic carbocycles. The zero-order valence-corrected chi connectivity index (χ0v) is 14.2. The number of nitrogens with two attached hydrogens (primary N) is 1. The van der Waals surface area contributed by atoms with Crippen molar-refractivity contribution < 1.29 is 4.74 Å². The van der Waals surface area contributed by atoms with Gasteiger partial charge >= 0.3 is 0 Å². The lowest BCUT2D eigenvalue weighted by molar-refractivity contribution is -0.0179. The van der Waals surface area contributed by atoms with E-state index < -0.39 is 0 Å². The molecule has 2 N–H and O–H groups in total. The first-order valence-corrected chi connectivity index (χ1v) is 8.44. The molecule has 1 aromatic carbocycles. The molecule has 0 fully saturated rings. The summed E-state index contributed by atoms with van der Waals surface area (Å²) in [7, 11) is 0. The normalized spacial score (nSPS) is 15.8. The Balaban J connectivity index is 2.16. The zero-order valence-electron chi connectivity index (χ0n) is 11.8. The number of hydrogen-bond donors (Lipinski definition) is 1. The van der Waals surface area contributed by atoms with Crippen LogP contribution in [0.15, 0.2) is 46.3 Å². The van der Waals surface area contributed by atoms with E-state index in [1.54, 1.807) is 11.3 Å². The molecule has 1 heterocycles. The first-order valence-electron chi connectivity index (χ1n) is 6.83. The maximum atomic E-state index is 6.25. The van der Waals surface area contributed by atoms with Gasteiger partial charge in [-0.15, -0.1) is 11.3 Å². The van der Waals surface area contributed by atoms with Crippen LogP contribution in [0.3, 0.4) is 0 Å². The Morgan fingerprint density at radius 3 is 2.45 bits per heavy atom. The molecular formula is C16H20BrNOS. The Morgan fingerprint density at radius 1 is 1.20 bits per heavy atom. The lowest BCUT2D eigenvalue weighted by Crippen LogP contribution is -2.29. The molecule has 1 aromatic heterocycles. The Morgan fingerprint density at radius 2 is 1.90 bits per heavy atom. The van der Waals surface area contributed by atoms with Crippen molar-refractivity contribution in [1.29, 1.82) is 0 Å². The largest absolute Gasteiger partial charge is 0.363 e. The number of ether oxygens (including phenoxy) is 1. The number of hydrogen-bond acceptors (Lipinski definition) is 3. The topological polar surface area (TPSA) is 35.2 Å². The monoisotopic (exact) mass is 353 g/mol. The Labute approximate surface area is 133 Å². The predicted molar refractivity (Wildman–Crippen MR) is 89.0 cm³/mol. The van der Waals surface area contributed by atoms with Gasteiger partial charge in [0.1, 0.15) is 6.10 Å². The van der Waals surface area contributed by atoms with Crippen LogP contribution in [0.5, 0.6) is 0 Å². The van der Waals surface area contributed by atoms with Gasteiger partial charge in [0.2, 0.25) is 0 Å². The molecular weight excluding hydrogens is 334 g/mol. The average molecular weight is 354 g/mol. The number of thiophene rings is 1. The van der Waals surface area contributed by atoms with Gasteiger partial charge in [0.15, 0.2) is 0 Å². The van der Waals surface area contributed by atoms with E-state index in [4.69, 9.17) is 10.5 Å². The summed E-state index contributed by atoms with van der Waals surface area (Å²) in [5.74, 6) is 0. The minimum Gasteiger partial charge on any atom is -0.363 e. The SMILES string of the molecule is CCC(N)C(OC(C)c1ccccc1)c1ccc(Br)s1.